The van der Waals surface area contributed by atoms with Gasteiger partial charge < -0.3 is 5.32 Å². The first-order chi connectivity index (χ1) is 10.1. The van der Waals surface area contributed by atoms with Crippen molar-refractivity contribution in [1.82, 2.24) is 14.8 Å². The summed E-state index contributed by atoms with van der Waals surface area (Å²) < 4.78 is 1.43. The first kappa shape index (κ1) is 13.5. The quantitative estimate of drug-likeness (QED) is 0.681. The number of aromatic nitrogens is 3. The van der Waals surface area contributed by atoms with E-state index in [1.54, 1.807) is 18.2 Å². The van der Waals surface area contributed by atoms with Gasteiger partial charge in [-0.15, -0.1) is 0 Å². The minimum atomic E-state index is -0.793. The van der Waals surface area contributed by atoms with Crippen molar-refractivity contribution in [3.63, 3.8) is 0 Å². The molecule has 8 nitrogen and oxygen atoms in total. The number of amides is 1. The maximum atomic E-state index is 12.0. The van der Waals surface area contributed by atoms with Crippen LogP contribution in [0.3, 0.4) is 0 Å². The average molecular weight is 308 g/mol. The Morgan fingerprint density at radius 1 is 1.52 bits per heavy atom. The van der Waals surface area contributed by atoms with Crippen molar-refractivity contribution in [2.24, 2.45) is 5.92 Å². The molecule has 1 heterocycles. The Morgan fingerprint density at radius 2 is 2.33 bits per heavy atom. The summed E-state index contributed by atoms with van der Waals surface area (Å²) in [7, 11) is 0. The lowest BCUT2D eigenvalue weighted by atomic mass is 10.2. The molecule has 1 saturated carbocycles. The molecule has 1 aromatic heterocycles. The van der Waals surface area contributed by atoms with Crippen LogP contribution in [0.25, 0.3) is 5.69 Å². The van der Waals surface area contributed by atoms with Crippen LogP contribution in [0.15, 0.2) is 30.9 Å². The molecule has 0 spiro atoms. The molecule has 1 aromatic carbocycles. The third kappa shape index (κ3) is 2.57. The Morgan fingerprint density at radius 3 is 2.95 bits per heavy atom. The fourth-order valence-corrected chi connectivity index (χ4v) is 2.36. The van der Waals surface area contributed by atoms with E-state index in [0.717, 1.165) is 0 Å². The summed E-state index contributed by atoms with van der Waals surface area (Å²) in [5, 5.41) is 17.7. The second-order valence-corrected chi connectivity index (χ2v) is 5.07. The zero-order chi connectivity index (χ0) is 15.0. The van der Waals surface area contributed by atoms with Crippen LogP contribution in [0.5, 0.6) is 0 Å². The van der Waals surface area contributed by atoms with Crippen molar-refractivity contribution < 1.29 is 9.72 Å². The highest BCUT2D eigenvalue weighted by molar-refractivity contribution is 6.33. The standard InChI is InChI=1S/C12H10ClN5O3/c13-8-2-1-3-9(11(8)17-6-14-5-15-17)16-12(19)7-4-10(7)18(20)21/h1-3,5-7,10H,4H2,(H,16,19). The van der Waals surface area contributed by atoms with Gasteiger partial charge in [-0.1, -0.05) is 17.7 Å². The molecule has 0 radical (unpaired) electrons. The number of hydrogen-bond acceptors (Lipinski definition) is 5. The number of nitro groups is 1. The van der Waals surface area contributed by atoms with Gasteiger partial charge in [-0.3, -0.25) is 14.9 Å². The van der Waals surface area contributed by atoms with Crippen LogP contribution < -0.4 is 5.32 Å². The minimum absolute atomic E-state index is 0.262. The number of carbonyl (C=O) groups is 1. The highest BCUT2D eigenvalue weighted by Gasteiger charge is 2.53. The van der Waals surface area contributed by atoms with E-state index in [1.807, 2.05) is 0 Å². The Balaban J connectivity index is 1.85. The minimum Gasteiger partial charge on any atom is -0.324 e. The van der Waals surface area contributed by atoms with E-state index in [-0.39, 0.29) is 12.3 Å². The van der Waals surface area contributed by atoms with Crippen LogP contribution in [-0.4, -0.2) is 31.6 Å². The Labute approximate surface area is 123 Å². The number of carbonyl (C=O) groups excluding carboxylic acids is 1. The van der Waals surface area contributed by atoms with E-state index >= 15 is 0 Å². The number of nitrogens with zero attached hydrogens (tertiary/aromatic N) is 4. The second-order valence-electron chi connectivity index (χ2n) is 4.66. The molecular weight excluding hydrogens is 298 g/mol. The fourth-order valence-electron chi connectivity index (χ4n) is 2.09. The molecule has 1 aliphatic carbocycles. The van der Waals surface area contributed by atoms with E-state index in [0.29, 0.717) is 16.4 Å². The summed E-state index contributed by atoms with van der Waals surface area (Å²) in [5.41, 5.74) is 0.912. The lowest BCUT2D eigenvalue weighted by molar-refractivity contribution is -0.497. The van der Waals surface area contributed by atoms with Gasteiger partial charge in [0.05, 0.1) is 10.7 Å². The largest absolute Gasteiger partial charge is 0.324 e. The molecule has 1 amide bonds. The summed E-state index contributed by atoms with van der Waals surface area (Å²) in [6.45, 7) is 0. The van der Waals surface area contributed by atoms with E-state index in [1.165, 1.54) is 17.3 Å². The number of rotatable bonds is 4. The number of nitrogens with one attached hydrogen (secondary N) is 1. The van der Waals surface area contributed by atoms with Gasteiger partial charge in [0.2, 0.25) is 11.9 Å². The Bertz CT molecular complexity index is 703. The number of para-hydroxylation sites is 1. The summed E-state index contributed by atoms with van der Waals surface area (Å²) in [4.78, 5) is 26.0. The third-order valence-corrected chi connectivity index (χ3v) is 3.56. The van der Waals surface area contributed by atoms with Gasteiger partial charge in [0.1, 0.15) is 24.3 Å². The predicted octanol–water partition coefficient (Wildman–Crippen LogP) is 1.52. The van der Waals surface area contributed by atoms with Crippen molar-refractivity contribution in [1.29, 1.82) is 0 Å². The van der Waals surface area contributed by atoms with Crippen LogP contribution in [0.1, 0.15) is 6.42 Å². The average Bonchev–Trinajstić information content (AvgIpc) is 3.08. The van der Waals surface area contributed by atoms with Crippen molar-refractivity contribution in [3.05, 3.63) is 46.0 Å². The number of halogens is 1. The zero-order valence-corrected chi connectivity index (χ0v) is 11.4. The van der Waals surface area contributed by atoms with Crippen molar-refractivity contribution in [2.45, 2.75) is 12.5 Å². The smallest absolute Gasteiger partial charge is 0.234 e. The topological polar surface area (TPSA) is 103 Å². The SMILES string of the molecule is O=C(Nc1cccc(Cl)c1-n1cncn1)C1CC1[N+](=O)[O-]. The van der Waals surface area contributed by atoms with E-state index < -0.39 is 16.9 Å². The Kier molecular flexibility index (Phi) is 3.30. The van der Waals surface area contributed by atoms with Gasteiger partial charge >= 0.3 is 0 Å². The van der Waals surface area contributed by atoms with Crippen LogP contribution in [0.4, 0.5) is 5.69 Å². The molecule has 3 rings (SSSR count). The lowest BCUT2D eigenvalue weighted by Crippen LogP contribution is -2.19. The molecule has 1 fully saturated rings. The van der Waals surface area contributed by atoms with Crippen molar-refractivity contribution in [2.75, 3.05) is 5.32 Å². The molecule has 0 bridgehead atoms. The van der Waals surface area contributed by atoms with Crippen LogP contribution in [0, 0.1) is 16.0 Å². The predicted molar refractivity (Wildman–Crippen MR) is 73.9 cm³/mol. The van der Waals surface area contributed by atoms with Gasteiger partial charge in [0.15, 0.2) is 0 Å². The molecule has 1 N–H and O–H groups in total. The fraction of sp³-hybridized carbons (Fsp3) is 0.250. The molecule has 2 unspecified atom stereocenters. The summed E-state index contributed by atoms with van der Waals surface area (Å²) in [5.74, 6) is -0.983. The van der Waals surface area contributed by atoms with Crippen LogP contribution >= 0.6 is 11.6 Å². The molecule has 1 aliphatic rings. The monoisotopic (exact) mass is 307 g/mol. The Hall–Kier alpha value is -2.48. The first-order valence-corrected chi connectivity index (χ1v) is 6.53. The molecule has 2 atom stereocenters. The second kappa shape index (κ2) is 5.13. The van der Waals surface area contributed by atoms with Gasteiger partial charge in [-0.05, 0) is 12.1 Å². The maximum absolute atomic E-state index is 12.0. The van der Waals surface area contributed by atoms with Gasteiger partial charge in [-0.2, -0.15) is 5.10 Å². The first-order valence-electron chi connectivity index (χ1n) is 6.16. The van der Waals surface area contributed by atoms with Crippen molar-refractivity contribution >= 4 is 23.2 Å². The molecule has 21 heavy (non-hydrogen) atoms. The zero-order valence-electron chi connectivity index (χ0n) is 10.6. The summed E-state index contributed by atoms with van der Waals surface area (Å²) in [6.07, 6.45) is 3.06. The molecule has 2 aromatic rings. The number of anilines is 1. The molecular formula is C12H10ClN5O3. The third-order valence-electron chi connectivity index (χ3n) is 3.26. The highest BCUT2D eigenvalue weighted by Crippen LogP contribution is 2.35. The summed E-state index contributed by atoms with van der Waals surface area (Å²) >= 11 is 6.13. The van der Waals surface area contributed by atoms with Gasteiger partial charge in [0, 0.05) is 11.3 Å². The normalized spacial score (nSPS) is 20.0. The lowest BCUT2D eigenvalue weighted by Gasteiger charge is -2.11. The maximum Gasteiger partial charge on any atom is 0.234 e. The van der Waals surface area contributed by atoms with E-state index in [2.05, 4.69) is 15.4 Å². The van der Waals surface area contributed by atoms with Gasteiger partial charge in [0.25, 0.3) is 0 Å². The van der Waals surface area contributed by atoms with Gasteiger partial charge in [-0.25, -0.2) is 9.67 Å². The molecule has 0 aliphatic heterocycles. The molecule has 108 valence electrons. The number of hydrogen-bond donors (Lipinski definition) is 1. The molecule has 9 heteroatoms. The van der Waals surface area contributed by atoms with Crippen LogP contribution in [0.2, 0.25) is 5.02 Å². The van der Waals surface area contributed by atoms with E-state index in [9.17, 15) is 14.9 Å². The highest BCUT2D eigenvalue weighted by atomic mass is 35.5. The number of benzene rings is 1. The van der Waals surface area contributed by atoms with Crippen LogP contribution in [-0.2, 0) is 4.79 Å². The summed E-state index contributed by atoms with van der Waals surface area (Å²) in [6, 6.07) is 4.20. The molecule has 0 saturated heterocycles. The van der Waals surface area contributed by atoms with Crippen molar-refractivity contribution in [3.8, 4) is 5.69 Å². The van der Waals surface area contributed by atoms with E-state index in [4.69, 9.17) is 11.6 Å².